The van der Waals surface area contributed by atoms with Crippen LogP contribution in [0.1, 0.15) is 0 Å². The average Bonchev–Trinajstić information content (AvgIpc) is 2.48. The van der Waals surface area contributed by atoms with E-state index in [1.54, 1.807) is 42.6 Å². The maximum Gasteiger partial charge on any atom is 0.262 e. The molecule has 0 saturated carbocycles. The predicted molar refractivity (Wildman–Crippen MR) is 84.0 cm³/mol. The average molecular weight is 319 g/mol. The lowest BCUT2D eigenvalue weighted by molar-refractivity contribution is 0.602. The molecule has 21 heavy (non-hydrogen) atoms. The van der Waals surface area contributed by atoms with E-state index in [9.17, 15) is 8.42 Å². The molecule has 0 aliphatic carbocycles. The Labute approximate surface area is 127 Å². The maximum absolute atomic E-state index is 12.5. The van der Waals surface area contributed by atoms with Gasteiger partial charge < -0.3 is 0 Å². The molecule has 6 heteroatoms. The van der Waals surface area contributed by atoms with Crippen LogP contribution in [-0.2, 0) is 10.0 Å². The molecular weight excluding hydrogens is 308 g/mol. The maximum atomic E-state index is 12.5. The van der Waals surface area contributed by atoms with E-state index in [1.807, 2.05) is 6.07 Å². The molecule has 3 aromatic rings. The number of anilines is 1. The molecule has 4 nitrogen and oxygen atoms in total. The number of hydrogen-bond donors (Lipinski definition) is 1. The van der Waals surface area contributed by atoms with Crippen LogP contribution in [0.4, 0.5) is 5.69 Å². The van der Waals surface area contributed by atoms with Gasteiger partial charge in [0.15, 0.2) is 0 Å². The summed E-state index contributed by atoms with van der Waals surface area (Å²) in [6.45, 7) is 0. The molecule has 0 aliphatic rings. The van der Waals surface area contributed by atoms with Crippen molar-refractivity contribution in [2.75, 3.05) is 4.72 Å². The van der Waals surface area contributed by atoms with Crippen LogP contribution in [0.15, 0.2) is 65.8 Å². The van der Waals surface area contributed by atoms with E-state index in [0.717, 1.165) is 0 Å². The highest BCUT2D eigenvalue weighted by Gasteiger charge is 2.18. The van der Waals surface area contributed by atoms with Gasteiger partial charge in [-0.2, -0.15) is 0 Å². The standard InChI is InChI=1S/C15H11ClN2O2S/c16-14-7-8-15(13-6-2-1-5-12(13)14)21(19,20)18-11-4-3-9-17-10-11/h1-10,18H. The zero-order valence-electron chi connectivity index (χ0n) is 10.8. The first kappa shape index (κ1) is 13.9. The number of nitrogens with zero attached hydrogens (tertiary/aromatic N) is 1. The van der Waals surface area contributed by atoms with Gasteiger partial charge in [-0.05, 0) is 24.3 Å². The van der Waals surface area contributed by atoms with E-state index < -0.39 is 10.0 Å². The summed E-state index contributed by atoms with van der Waals surface area (Å²) in [4.78, 5) is 4.08. The van der Waals surface area contributed by atoms with Gasteiger partial charge in [-0.15, -0.1) is 0 Å². The number of hydrogen-bond acceptors (Lipinski definition) is 3. The van der Waals surface area contributed by atoms with Crippen LogP contribution in [0.5, 0.6) is 0 Å². The van der Waals surface area contributed by atoms with Gasteiger partial charge in [0.1, 0.15) is 0 Å². The van der Waals surface area contributed by atoms with E-state index in [1.165, 1.54) is 12.3 Å². The normalized spacial score (nSPS) is 11.5. The first-order valence-corrected chi connectivity index (χ1v) is 8.04. The van der Waals surface area contributed by atoms with Gasteiger partial charge in [0.05, 0.1) is 16.8 Å². The van der Waals surface area contributed by atoms with Gasteiger partial charge in [0.25, 0.3) is 10.0 Å². The van der Waals surface area contributed by atoms with Crippen molar-refractivity contribution in [3.63, 3.8) is 0 Å². The Bertz CT molecular complexity index is 896. The smallest absolute Gasteiger partial charge is 0.262 e. The molecule has 0 unspecified atom stereocenters. The van der Waals surface area contributed by atoms with Crippen LogP contribution in [-0.4, -0.2) is 13.4 Å². The van der Waals surface area contributed by atoms with Gasteiger partial charge in [0, 0.05) is 22.0 Å². The quantitative estimate of drug-likeness (QED) is 0.801. The molecule has 1 N–H and O–H groups in total. The number of nitrogens with one attached hydrogen (secondary N) is 1. The zero-order chi connectivity index (χ0) is 14.9. The Hall–Kier alpha value is -2.11. The van der Waals surface area contributed by atoms with Gasteiger partial charge in [0.2, 0.25) is 0 Å². The van der Waals surface area contributed by atoms with Crippen molar-refractivity contribution in [2.45, 2.75) is 4.90 Å². The highest BCUT2D eigenvalue weighted by Crippen LogP contribution is 2.30. The van der Waals surface area contributed by atoms with Crippen molar-refractivity contribution < 1.29 is 8.42 Å². The topological polar surface area (TPSA) is 59.1 Å². The Morgan fingerprint density at radius 3 is 2.43 bits per heavy atom. The molecule has 0 aliphatic heterocycles. The second kappa shape index (κ2) is 5.35. The minimum atomic E-state index is -3.71. The third kappa shape index (κ3) is 2.70. The second-order valence-corrected chi connectivity index (χ2v) is 6.50. The number of halogens is 1. The van der Waals surface area contributed by atoms with Crippen molar-refractivity contribution in [1.82, 2.24) is 4.98 Å². The van der Waals surface area contributed by atoms with Gasteiger partial charge >= 0.3 is 0 Å². The number of pyridine rings is 1. The van der Waals surface area contributed by atoms with Crippen LogP contribution in [0.2, 0.25) is 5.02 Å². The molecule has 3 rings (SSSR count). The summed E-state index contributed by atoms with van der Waals surface area (Å²) in [6, 6.07) is 13.5. The lowest BCUT2D eigenvalue weighted by Gasteiger charge is -2.11. The summed E-state index contributed by atoms with van der Waals surface area (Å²) in [6.07, 6.45) is 3.03. The van der Waals surface area contributed by atoms with E-state index in [0.29, 0.717) is 21.5 Å². The number of fused-ring (bicyclic) bond motifs is 1. The van der Waals surface area contributed by atoms with Crippen molar-refractivity contribution >= 4 is 38.1 Å². The first-order chi connectivity index (χ1) is 10.1. The highest BCUT2D eigenvalue weighted by atomic mass is 35.5. The third-order valence-electron chi connectivity index (χ3n) is 3.03. The summed E-state index contributed by atoms with van der Waals surface area (Å²) in [5.41, 5.74) is 0.413. The fourth-order valence-corrected chi connectivity index (χ4v) is 3.59. The monoisotopic (exact) mass is 318 g/mol. The number of benzene rings is 2. The largest absolute Gasteiger partial charge is 0.278 e. The van der Waals surface area contributed by atoms with Gasteiger partial charge in [-0.25, -0.2) is 8.42 Å². The molecule has 0 amide bonds. The molecule has 0 saturated heterocycles. The van der Waals surface area contributed by atoms with E-state index >= 15 is 0 Å². The third-order valence-corrected chi connectivity index (χ3v) is 4.80. The van der Waals surface area contributed by atoms with Crippen molar-refractivity contribution in [3.05, 3.63) is 65.9 Å². The van der Waals surface area contributed by atoms with Crippen LogP contribution < -0.4 is 4.72 Å². The van der Waals surface area contributed by atoms with E-state index in [4.69, 9.17) is 11.6 Å². The molecule has 0 spiro atoms. The number of sulfonamides is 1. The summed E-state index contributed by atoms with van der Waals surface area (Å²) in [5, 5.41) is 1.81. The predicted octanol–water partition coefficient (Wildman–Crippen LogP) is 3.69. The highest BCUT2D eigenvalue weighted by molar-refractivity contribution is 7.93. The molecule has 0 fully saturated rings. The molecule has 1 aromatic heterocycles. The lowest BCUT2D eigenvalue weighted by atomic mass is 10.1. The van der Waals surface area contributed by atoms with Crippen LogP contribution in [0, 0.1) is 0 Å². The fraction of sp³-hybridized carbons (Fsp3) is 0. The molecule has 2 aromatic carbocycles. The van der Waals surface area contributed by atoms with Crippen LogP contribution in [0.3, 0.4) is 0 Å². The Morgan fingerprint density at radius 2 is 1.71 bits per heavy atom. The van der Waals surface area contributed by atoms with Crippen LogP contribution >= 0.6 is 11.6 Å². The molecule has 106 valence electrons. The summed E-state index contributed by atoms with van der Waals surface area (Å²) >= 11 is 6.11. The van der Waals surface area contributed by atoms with E-state index in [2.05, 4.69) is 9.71 Å². The Balaban J connectivity index is 2.14. The number of rotatable bonds is 3. The SMILES string of the molecule is O=S(=O)(Nc1cccnc1)c1ccc(Cl)c2ccccc12. The number of aromatic nitrogens is 1. The van der Waals surface area contributed by atoms with Gasteiger partial charge in [-0.1, -0.05) is 35.9 Å². The Morgan fingerprint density at radius 1 is 0.952 bits per heavy atom. The lowest BCUT2D eigenvalue weighted by Crippen LogP contribution is -2.13. The molecule has 1 heterocycles. The minimum absolute atomic E-state index is 0.186. The summed E-state index contributed by atoms with van der Waals surface area (Å²) in [5.74, 6) is 0. The minimum Gasteiger partial charge on any atom is -0.278 e. The summed E-state index contributed by atoms with van der Waals surface area (Å²) in [7, 11) is -3.71. The first-order valence-electron chi connectivity index (χ1n) is 6.18. The second-order valence-electron chi connectivity index (χ2n) is 4.44. The molecule has 0 bridgehead atoms. The van der Waals surface area contributed by atoms with E-state index in [-0.39, 0.29) is 4.90 Å². The summed E-state index contributed by atoms with van der Waals surface area (Å²) < 4.78 is 27.6. The molecular formula is C15H11ClN2O2S. The zero-order valence-corrected chi connectivity index (χ0v) is 12.4. The fourth-order valence-electron chi connectivity index (χ4n) is 2.10. The molecule has 0 radical (unpaired) electrons. The Kier molecular flexibility index (Phi) is 3.53. The molecule has 0 atom stereocenters. The van der Waals surface area contributed by atoms with Crippen molar-refractivity contribution in [1.29, 1.82) is 0 Å². The van der Waals surface area contributed by atoms with Gasteiger partial charge in [-0.3, -0.25) is 9.71 Å². The van der Waals surface area contributed by atoms with Crippen LogP contribution in [0.25, 0.3) is 10.8 Å². The van der Waals surface area contributed by atoms with Crippen molar-refractivity contribution in [2.24, 2.45) is 0 Å². The van der Waals surface area contributed by atoms with Crippen molar-refractivity contribution in [3.8, 4) is 0 Å².